The van der Waals surface area contributed by atoms with Gasteiger partial charge >= 0.3 is 18.1 Å². The van der Waals surface area contributed by atoms with Crippen LogP contribution in [0, 0.1) is 0 Å². The van der Waals surface area contributed by atoms with Crippen molar-refractivity contribution in [2.45, 2.75) is 37.1 Å². The van der Waals surface area contributed by atoms with Gasteiger partial charge in [0.1, 0.15) is 4.83 Å². The largest absolute Gasteiger partial charge is 0.419 e. The Balaban J connectivity index is 2.47. The molecule has 1 atom stereocenters. The molecule has 2 rings (SSSR count). The number of aryl methyl sites for hydroxylation is 1. The van der Waals surface area contributed by atoms with E-state index in [1.807, 2.05) is 6.92 Å². The molecule has 2 aromatic rings. The van der Waals surface area contributed by atoms with E-state index in [-0.39, 0.29) is 11.1 Å². The maximum absolute atomic E-state index is 13.3. The predicted octanol–water partition coefficient (Wildman–Crippen LogP) is 4.34. The van der Waals surface area contributed by atoms with Crippen molar-refractivity contribution in [1.29, 1.82) is 0 Å². The average Bonchev–Trinajstić information content (AvgIpc) is 2.73. The van der Waals surface area contributed by atoms with Gasteiger partial charge in [-0.25, -0.2) is 13.6 Å². The molecule has 21 heavy (non-hydrogen) atoms. The van der Waals surface area contributed by atoms with Crippen molar-refractivity contribution in [2.24, 2.45) is 0 Å². The highest BCUT2D eigenvalue weighted by Gasteiger charge is 2.48. The fourth-order valence-corrected chi connectivity index (χ4v) is 2.49. The summed E-state index contributed by atoms with van der Waals surface area (Å²) in [5.41, 5.74) is 0.469. The summed E-state index contributed by atoms with van der Waals surface area (Å²) in [5, 5.41) is 0. The van der Waals surface area contributed by atoms with E-state index in [4.69, 9.17) is 4.42 Å². The Labute approximate surface area is 125 Å². The summed E-state index contributed by atoms with van der Waals surface area (Å²) in [6.07, 6.45) is -3.10. The van der Waals surface area contributed by atoms with Crippen molar-refractivity contribution in [3.63, 3.8) is 0 Å². The molecular formula is C13H12BrF4NO2. The molecule has 1 heterocycles. The first kappa shape index (κ1) is 16.1. The monoisotopic (exact) mass is 369 g/mol. The molecule has 0 saturated carbocycles. The van der Waals surface area contributed by atoms with Gasteiger partial charge in [0.25, 0.3) is 0 Å². The Kier molecular flexibility index (Phi) is 4.46. The molecule has 0 amide bonds. The molecule has 1 aromatic heterocycles. The maximum atomic E-state index is 13.3. The third-order valence-corrected chi connectivity index (χ3v) is 4.20. The minimum absolute atomic E-state index is 0.0785. The number of halogens is 5. The SMILES string of the molecule is CCCn1c(=O)oc2cc(C(Br)C(F)(F)C(F)F)ccc21. The summed E-state index contributed by atoms with van der Waals surface area (Å²) in [6.45, 7) is 2.30. The van der Waals surface area contributed by atoms with Crippen molar-refractivity contribution < 1.29 is 22.0 Å². The minimum atomic E-state index is -4.22. The molecule has 1 unspecified atom stereocenters. The number of aromatic nitrogens is 1. The molecule has 0 radical (unpaired) electrons. The lowest BCUT2D eigenvalue weighted by atomic mass is 10.1. The number of hydrogen-bond donors (Lipinski definition) is 0. The Bertz CT molecular complexity index is 695. The van der Waals surface area contributed by atoms with Gasteiger partial charge in [-0.05, 0) is 24.1 Å². The van der Waals surface area contributed by atoms with E-state index in [0.29, 0.717) is 18.5 Å². The summed E-state index contributed by atoms with van der Waals surface area (Å²) in [4.78, 5) is 9.76. The second kappa shape index (κ2) is 5.82. The molecule has 0 spiro atoms. The standard InChI is InChI=1S/C13H12BrF4NO2/c1-2-5-19-8-4-3-7(6-9(8)21-12(19)20)10(14)13(17,18)11(15)16/h3-4,6,10-11H,2,5H2,1H3. The highest BCUT2D eigenvalue weighted by atomic mass is 79.9. The van der Waals surface area contributed by atoms with Crippen LogP contribution in [-0.2, 0) is 6.54 Å². The van der Waals surface area contributed by atoms with Crippen molar-refractivity contribution in [2.75, 3.05) is 0 Å². The molecule has 0 fully saturated rings. The molecule has 0 N–H and O–H groups in total. The van der Waals surface area contributed by atoms with Crippen molar-refractivity contribution in [3.05, 3.63) is 34.3 Å². The van der Waals surface area contributed by atoms with Crippen LogP contribution in [0.4, 0.5) is 17.6 Å². The van der Waals surface area contributed by atoms with Crippen LogP contribution in [0.5, 0.6) is 0 Å². The summed E-state index contributed by atoms with van der Waals surface area (Å²) in [5.74, 6) is -4.82. The predicted molar refractivity (Wildman–Crippen MR) is 73.4 cm³/mol. The smallest absolute Gasteiger partial charge is 0.408 e. The first-order valence-electron chi connectivity index (χ1n) is 6.22. The normalized spacial score (nSPS) is 14.0. The molecule has 116 valence electrons. The lowest BCUT2D eigenvalue weighted by Gasteiger charge is -2.21. The first-order valence-corrected chi connectivity index (χ1v) is 7.14. The second-order valence-corrected chi connectivity index (χ2v) is 5.50. The second-order valence-electron chi connectivity index (χ2n) is 4.58. The molecule has 0 bridgehead atoms. The van der Waals surface area contributed by atoms with Gasteiger partial charge in [0.15, 0.2) is 5.58 Å². The van der Waals surface area contributed by atoms with E-state index in [1.54, 1.807) is 0 Å². The van der Waals surface area contributed by atoms with Crippen LogP contribution in [0.25, 0.3) is 11.1 Å². The summed E-state index contributed by atoms with van der Waals surface area (Å²) < 4.78 is 57.8. The van der Waals surface area contributed by atoms with E-state index in [9.17, 15) is 22.4 Å². The highest BCUT2D eigenvalue weighted by Crippen LogP contribution is 2.43. The molecule has 8 heteroatoms. The van der Waals surface area contributed by atoms with E-state index >= 15 is 0 Å². The zero-order valence-electron chi connectivity index (χ0n) is 11.0. The number of oxazole rings is 1. The fourth-order valence-electron chi connectivity index (χ4n) is 2.01. The van der Waals surface area contributed by atoms with Crippen LogP contribution in [0.2, 0.25) is 0 Å². The van der Waals surface area contributed by atoms with Crippen LogP contribution in [0.1, 0.15) is 23.7 Å². The number of rotatable bonds is 5. The van der Waals surface area contributed by atoms with Crippen LogP contribution in [0.15, 0.2) is 27.4 Å². The Morgan fingerprint density at radius 3 is 2.62 bits per heavy atom. The molecule has 0 aliphatic rings. The molecule has 0 aliphatic heterocycles. The lowest BCUT2D eigenvalue weighted by molar-refractivity contribution is -0.127. The maximum Gasteiger partial charge on any atom is 0.419 e. The van der Waals surface area contributed by atoms with Gasteiger partial charge in [0, 0.05) is 6.54 Å². The number of fused-ring (bicyclic) bond motifs is 1. The quantitative estimate of drug-likeness (QED) is 0.580. The topological polar surface area (TPSA) is 35.1 Å². The van der Waals surface area contributed by atoms with Gasteiger partial charge in [-0.3, -0.25) is 4.57 Å². The first-order chi connectivity index (χ1) is 9.78. The summed E-state index contributed by atoms with van der Waals surface area (Å²) in [7, 11) is 0. The summed E-state index contributed by atoms with van der Waals surface area (Å²) in [6, 6.07) is 3.87. The third-order valence-electron chi connectivity index (χ3n) is 3.06. The van der Waals surface area contributed by atoms with Gasteiger partial charge in [0.2, 0.25) is 0 Å². The lowest BCUT2D eigenvalue weighted by Crippen LogP contribution is -2.31. The van der Waals surface area contributed by atoms with Gasteiger partial charge in [-0.2, -0.15) is 8.78 Å². The number of alkyl halides is 5. The minimum Gasteiger partial charge on any atom is -0.408 e. The molecular weight excluding hydrogens is 358 g/mol. The fraction of sp³-hybridized carbons (Fsp3) is 0.462. The Hall–Kier alpha value is -1.31. The van der Waals surface area contributed by atoms with Crippen LogP contribution in [-0.4, -0.2) is 16.9 Å². The zero-order valence-corrected chi connectivity index (χ0v) is 12.5. The van der Waals surface area contributed by atoms with Gasteiger partial charge in [0.05, 0.1) is 5.52 Å². The van der Waals surface area contributed by atoms with E-state index < -0.39 is 22.9 Å². The summed E-state index contributed by atoms with van der Waals surface area (Å²) >= 11 is 2.59. The molecule has 0 saturated heterocycles. The van der Waals surface area contributed by atoms with Gasteiger partial charge < -0.3 is 4.42 Å². The molecule has 3 nitrogen and oxygen atoms in total. The molecule has 1 aromatic carbocycles. The van der Waals surface area contributed by atoms with E-state index in [0.717, 1.165) is 0 Å². The van der Waals surface area contributed by atoms with Gasteiger partial charge in [-0.15, -0.1) is 0 Å². The molecule has 0 aliphatic carbocycles. The zero-order chi connectivity index (χ0) is 15.8. The van der Waals surface area contributed by atoms with Crippen molar-refractivity contribution >= 4 is 27.0 Å². The van der Waals surface area contributed by atoms with Crippen molar-refractivity contribution in [3.8, 4) is 0 Å². The van der Waals surface area contributed by atoms with Crippen LogP contribution in [0.3, 0.4) is 0 Å². The Morgan fingerprint density at radius 2 is 2.05 bits per heavy atom. The van der Waals surface area contributed by atoms with Crippen LogP contribution < -0.4 is 5.76 Å². The number of nitrogens with zero attached hydrogens (tertiary/aromatic N) is 1. The van der Waals surface area contributed by atoms with Gasteiger partial charge in [-0.1, -0.05) is 28.9 Å². The van der Waals surface area contributed by atoms with E-state index in [1.165, 1.54) is 22.8 Å². The Morgan fingerprint density at radius 1 is 1.38 bits per heavy atom. The average molecular weight is 370 g/mol. The third kappa shape index (κ3) is 2.86. The number of benzene rings is 1. The highest BCUT2D eigenvalue weighted by molar-refractivity contribution is 9.09. The number of hydrogen-bond acceptors (Lipinski definition) is 2. The van der Waals surface area contributed by atoms with Crippen molar-refractivity contribution in [1.82, 2.24) is 4.57 Å². The van der Waals surface area contributed by atoms with E-state index in [2.05, 4.69) is 15.9 Å². The van der Waals surface area contributed by atoms with Crippen LogP contribution >= 0.6 is 15.9 Å².